The van der Waals surface area contributed by atoms with Gasteiger partial charge in [-0.15, -0.1) is 0 Å². The van der Waals surface area contributed by atoms with Crippen molar-refractivity contribution < 1.29 is 37.7 Å². The molecule has 1 heterocycles. The molecule has 4 aromatic rings. The molecule has 11 heteroatoms. The third-order valence-electron chi connectivity index (χ3n) is 7.72. The van der Waals surface area contributed by atoms with E-state index < -0.39 is 40.2 Å². The van der Waals surface area contributed by atoms with Gasteiger partial charge in [0.2, 0.25) is 5.91 Å². The lowest BCUT2D eigenvalue weighted by atomic mass is 9.76. The molecule has 0 unspecified atom stereocenters. The van der Waals surface area contributed by atoms with Gasteiger partial charge in [0.25, 0.3) is 0 Å². The quantitative estimate of drug-likeness (QED) is 0.206. The second-order valence-electron chi connectivity index (χ2n) is 10.4. The number of carboxylic acid groups (broad SMARTS) is 1. The number of methoxy groups -OCH3 is 1. The molecule has 0 bridgehead atoms. The maximum absolute atomic E-state index is 16.1. The number of nitrogens with zero attached hydrogens (tertiary/aromatic N) is 1. The Morgan fingerprint density at radius 2 is 1.70 bits per heavy atom. The molecule has 2 amide bonds. The molecule has 44 heavy (non-hydrogen) atoms. The Kier molecular flexibility index (Phi) is 8.75. The third kappa shape index (κ3) is 5.54. The van der Waals surface area contributed by atoms with Crippen LogP contribution in [0.1, 0.15) is 33.0 Å². The zero-order chi connectivity index (χ0) is 31.6. The summed E-state index contributed by atoms with van der Waals surface area (Å²) in [6.45, 7) is -0.129. The van der Waals surface area contributed by atoms with Crippen molar-refractivity contribution in [1.29, 1.82) is 0 Å². The Morgan fingerprint density at radius 1 is 1.05 bits per heavy atom. The van der Waals surface area contributed by atoms with Crippen LogP contribution >= 0.6 is 11.6 Å². The van der Waals surface area contributed by atoms with E-state index >= 15 is 8.78 Å². The van der Waals surface area contributed by atoms with Gasteiger partial charge in [-0.2, -0.15) is 0 Å². The minimum absolute atomic E-state index is 0.0181. The first-order valence-electron chi connectivity index (χ1n) is 13.6. The first-order chi connectivity index (χ1) is 21.1. The summed E-state index contributed by atoms with van der Waals surface area (Å²) in [7, 11) is 2.62. The molecule has 1 aliphatic rings. The van der Waals surface area contributed by atoms with E-state index in [1.807, 2.05) is 30.3 Å². The van der Waals surface area contributed by atoms with Gasteiger partial charge in [0.1, 0.15) is 11.6 Å². The van der Waals surface area contributed by atoms with Crippen molar-refractivity contribution in [2.45, 2.75) is 18.1 Å². The van der Waals surface area contributed by atoms with Crippen molar-refractivity contribution in [1.82, 2.24) is 4.90 Å². The zero-order valence-electron chi connectivity index (χ0n) is 23.9. The number of benzene rings is 4. The number of fused-ring (bicyclic) bond motifs is 1. The Balaban J connectivity index is 1.79. The van der Waals surface area contributed by atoms with Crippen molar-refractivity contribution in [3.63, 3.8) is 0 Å². The molecule has 3 N–H and O–H groups in total. The minimum Gasteiger partial charge on any atom is -0.494 e. The zero-order valence-corrected chi connectivity index (χ0v) is 24.6. The highest BCUT2D eigenvalue weighted by Gasteiger charge is 2.53. The average molecular weight is 623 g/mol. The largest absolute Gasteiger partial charge is 0.494 e. The van der Waals surface area contributed by atoms with E-state index in [-0.39, 0.29) is 53.5 Å². The number of nitrogens with two attached hydrogens (primary N) is 1. The molecular formula is C33H29ClF2N2O6. The first-order valence-corrected chi connectivity index (χ1v) is 14.0. The van der Waals surface area contributed by atoms with Crippen LogP contribution in [0.4, 0.5) is 13.6 Å². The first kappa shape index (κ1) is 30.8. The maximum Gasteiger partial charge on any atom is 0.407 e. The molecule has 8 nitrogen and oxygen atoms in total. The third-order valence-corrected chi connectivity index (χ3v) is 8.09. The molecule has 0 saturated carbocycles. The number of ether oxygens (including phenoxy) is 3. The van der Waals surface area contributed by atoms with Crippen LogP contribution in [-0.2, 0) is 16.9 Å². The van der Waals surface area contributed by atoms with Crippen molar-refractivity contribution in [2.24, 2.45) is 5.73 Å². The van der Waals surface area contributed by atoms with Crippen molar-refractivity contribution in [3.05, 3.63) is 118 Å². The van der Waals surface area contributed by atoms with E-state index in [0.717, 1.165) is 16.5 Å². The highest BCUT2D eigenvalue weighted by Crippen LogP contribution is 2.57. The molecule has 0 aromatic heterocycles. The summed E-state index contributed by atoms with van der Waals surface area (Å²) in [6, 6.07) is 21.7. The Labute approximate surface area is 257 Å². The van der Waals surface area contributed by atoms with E-state index in [0.29, 0.717) is 5.56 Å². The number of rotatable bonds is 10. The van der Waals surface area contributed by atoms with Crippen LogP contribution in [-0.4, -0.2) is 49.3 Å². The van der Waals surface area contributed by atoms with E-state index in [2.05, 4.69) is 0 Å². The fourth-order valence-corrected chi connectivity index (χ4v) is 5.93. The summed E-state index contributed by atoms with van der Waals surface area (Å²) in [5, 5.41) is 9.41. The van der Waals surface area contributed by atoms with Gasteiger partial charge < -0.3 is 30.0 Å². The fourth-order valence-electron chi connectivity index (χ4n) is 5.68. The van der Waals surface area contributed by atoms with Gasteiger partial charge >= 0.3 is 6.09 Å². The normalized spacial score (nSPS) is 17.1. The maximum atomic E-state index is 16.1. The summed E-state index contributed by atoms with van der Waals surface area (Å²) >= 11 is 6.61. The number of likely N-dealkylation sites (N-methyl/N-ethyl adjacent to an activating group) is 1. The number of amides is 2. The summed E-state index contributed by atoms with van der Waals surface area (Å²) in [4.78, 5) is 25.7. The summed E-state index contributed by atoms with van der Waals surface area (Å²) in [6.07, 6.45) is -1.23. The van der Waals surface area contributed by atoms with Crippen LogP contribution in [0.25, 0.3) is 11.1 Å². The lowest BCUT2D eigenvalue weighted by Crippen LogP contribution is -2.48. The topological polar surface area (TPSA) is 111 Å². The molecule has 1 aliphatic heterocycles. The van der Waals surface area contributed by atoms with Crippen LogP contribution < -0.4 is 15.2 Å². The fraction of sp³-hybridized carbons (Fsp3) is 0.212. The van der Waals surface area contributed by atoms with E-state index in [4.69, 9.17) is 31.5 Å². The Morgan fingerprint density at radius 3 is 2.32 bits per heavy atom. The number of primary amides is 1. The minimum atomic E-state index is -1.48. The molecule has 228 valence electrons. The highest BCUT2D eigenvalue weighted by atomic mass is 35.5. The number of carbonyl (C=O) groups is 2. The number of hydrogen-bond acceptors (Lipinski definition) is 5. The molecule has 2 atom stereocenters. The number of carbonyl (C=O) groups excluding carboxylic acids is 1. The van der Waals surface area contributed by atoms with Gasteiger partial charge in [0.15, 0.2) is 17.2 Å². The van der Waals surface area contributed by atoms with Gasteiger partial charge in [-0.05, 0) is 23.3 Å². The van der Waals surface area contributed by atoms with Gasteiger partial charge in [-0.25, -0.2) is 13.6 Å². The molecule has 0 radical (unpaired) electrons. The number of halogens is 3. The van der Waals surface area contributed by atoms with E-state index in [1.54, 1.807) is 30.3 Å². The summed E-state index contributed by atoms with van der Waals surface area (Å²) in [5.74, 6) is -4.04. The Hall–Kier alpha value is -4.67. The van der Waals surface area contributed by atoms with Crippen LogP contribution in [0.2, 0.25) is 5.02 Å². The van der Waals surface area contributed by atoms with Crippen LogP contribution in [0, 0.1) is 11.6 Å². The van der Waals surface area contributed by atoms with E-state index in [1.165, 1.54) is 26.3 Å². The molecule has 5 rings (SSSR count). The van der Waals surface area contributed by atoms with Crippen molar-refractivity contribution >= 4 is 23.6 Å². The van der Waals surface area contributed by atoms with Crippen molar-refractivity contribution in [3.8, 4) is 22.6 Å². The predicted molar refractivity (Wildman–Crippen MR) is 160 cm³/mol. The second-order valence-corrected chi connectivity index (χ2v) is 10.8. The van der Waals surface area contributed by atoms with Crippen molar-refractivity contribution in [2.75, 3.05) is 27.3 Å². The molecule has 0 aliphatic carbocycles. The predicted octanol–water partition coefficient (Wildman–Crippen LogP) is 6.59. The van der Waals surface area contributed by atoms with Crippen LogP contribution in [0.5, 0.6) is 11.5 Å². The molecular weight excluding hydrogens is 594 g/mol. The smallest absolute Gasteiger partial charge is 0.407 e. The lowest BCUT2D eigenvalue weighted by Gasteiger charge is -2.37. The van der Waals surface area contributed by atoms with Gasteiger partial charge in [-0.1, -0.05) is 72.3 Å². The summed E-state index contributed by atoms with van der Waals surface area (Å²) in [5.41, 5.74) is 5.02. The van der Waals surface area contributed by atoms with E-state index in [9.17, 15) is 14.7 Å². The SMILES string of the molecule is COc1ccc(C(N)=O)c(-c2c(Cl)c(F)cc3c2[C@H](COCc2ccccc2)[C@@](CN(C)C(=O)O)(c2ccccc2)O3)c1F. The molecule has 0 spiro atoms. The van der Waals surface area contributed by atoms with Crippen LogP contribution in [0.3, 0.4) is 0 Å². The molecule has 0 fully saturated rings. The Bertz CT molecular complexity index is 1710. The van der Waals surface area contributed by atoms with Crippen LogP contribution in [0.15, 0.2) is 78.9 Å². The van der Waals surface area contributed by atoms with Gasteiger partial charge in [-0.3, -0.25) is 4.79 Å². The second kappa shape index (κ2) is 12.5. The lowest BCUT2D eigenvalue weighted by molar-refractivity contribution is -0.00488. The number of hydrogen-bond donors (Lipinski definition) is 2. The highest BCUT2D eigenvalue weighted by molar-refractivity contribution is 6.34. The van der Waals surface area contributed by atoms with Gasteiger partial charge in [0, 0.05) is 29.8 Å². The monoisotopic (exact) mass is 622 g/mol. The molecule has 0 saturated heterocycles. The average Bonchev–Trinajstić information content (AvgIpc) is 3.31. The summed E-state index contributed by atoms with van der Waals surface area (Å²) < 4.78 is 49.6. The van der Waals surface area contributed by atoms with Gasteiger partial charge in [0.05, 0.1) is 43.4 Å². The molecule has 4 aromatic carbocycles. The standard InChI is InChI=1S/C33H29ClF2N2O6/c1-38(32(40)41)18-33(20-11-7-4-8-12-20)22(17-43-16-19-9-5-3-6-10-19)27-25(44-33)15-23(35)29(34)28(27)26-21(31(37)39)13-14-24(42-2)30(26)36/h3-15,22H,16-18H2,1-2H3,(H2,37,39)(H,40,41)/t22-,33+/m0/s1.